The van der Waals surface area contributed by atoms with Crippen LogP contribution in [0.5, 0.6) is 0 Å². The van der Waals surface area contributed by atoms with Gasteiger partial charge in [0.25, 0.3) is 0 Å². The van der Waals surface area contributed by atoms with E-state index in [9.17, 15) is 9.59 Å². The Morgan fingerprint density at radius 3 is 2.26 bits per heavy atom. The number of carbonyl (C=O) groups is 2. The molecule has 0 bridgehead atoms. The van der Waals surface area contributed by atoms with Crippen molar-refractivity contribution in [1.82, 2.24) is 0 Å². The first-order valence-corrected chi connectivity index (χ1v) is 7.73. The second-order valence-electron chi connectivity index (χ2n) is 4.81. The quantitative estimate of drug-likeness (QED) is 0.366. The molecule has 0 aliphatic heterocycles. The summed E-state index contributed by atoms with van der Waals surface area (Å²) in [5.41, 5.74) is 0.613. The van der Waals surface area contributed by atoms with Crippen LogP contribution in [0.15, 0.2) is 28.7 Å². The lowest BCUT2D eigenvalue weighted by Gasteiger charge is -2.02. The summed E-state index contributed by atoms with van der Waals surface area (Å²) in [6.45, 7) is 2.17. The molecule has 1 aromatic carbocycles. The summed E-state index contributed by atoms with van der Waals surface area (Å²) < 4.78 is 0.936. The minimum Gasteiger partial charge on any atom is -0.299 e. The van der Waals surface area contributed by atoms with E-state index in [1.807, 2.05) is 12.1 Å². The molecule has 1 rings (SSSR count). The van der Waals surface area contributed by atoms with E-state index in [1.54, 1.807) is 12.1 Å². The van der Waals surface area contributed by atoms with Gasteiger partial charge >= 0.3 is 0 Å². The molecule has 0 aliphatic rings. The van der Waals surface area contributed by atoms with Crippen LogP contribution in [0.1, 0.15) is 62.2 Å². The second kappa shape index (κ2) is 9.03. The summed E-state index contributed by atoms with van der Waals surface area (Å²) in [6, 6.07) is 7.15. The van der Waals surface area contributed by atoms with Crippen LogP contribution in [0, 0.1) is 0 Å². The fraction of sp³-hybridized carbons (Fsp3) is 0.500. The van der Waals surface area contributed by atoms with E-state index in [2.05, 4.69) is 22.9 Å². The van der Waals surface area contributed by atoms with Gasteiger partial charge in [-0.3, -0.25) is 9.59 Å². The van der Waals surface area contributed by atoms with Crippen molar-refractivity contribution in [2.45, 2.75) is 51.9 Å². The lowest BCUT2D eigenvalue weighted by atomic mass is 10.0. The van der Waals surface area contributed by atoms with Crippen LogP contribution in [-0.2, 0) is 4.79 Å². The Kier molecular flexibility index (Phi) is 7.65. The minimum absolute atomic E-state index is 0.0371. The summed E-state index contributed by atoms with van der Waals surface area (Å²) >= 11 is 3.32. The van der Waals surface area contributed by atoms with Crippen LogP contribution in [0.25, 0.3) is 0 Å². The molecule has 0 saturated heterocycles. The zero-order valence-corrected chi connectivity index (χ0v) is 13.0. The molecule has 0 saturated carbocycles. The summed E-state index contributed by atoms with van der Waals surface area (Å²) in [5, 5.41) is 0. The van der Waals surface area contributed by atoms with Gasteiger partial charge in [0.1, 0.15) is 5.78 Å². The Hall–Kier alpha value is -0.960. The number of halogens is 1. The zero-order chi connectivity index (χ0) is 14.1. The number of rotatable bonds is 9. The molecule has 0 atom stereocenters. The highest BCUT2D eigenvalue weighted by atomic mass is 79.9. The van der Waals surface area contributed by atoms with Gasteiger partial charge in [-0.15, -0.1) is 0 Å². The lowest BCUT2D eigenvalue weighted by Crippen LogP contribution is -2.08. The van der Waals surface area contributed by atoms with Crippen molar-refractivity contribution in [2.24, 2.45) is 0 Å². The summed E-state index contributed by atoms with van der Waals surface area (Å²) in [4.78, 5) is 23.6. The molecule has 0 aliphatic carbocycles. The molecule has 0 unspecified atom stereocenters. The molecule has 19 heavy (non-hydrogen) atoms. The van der Waals surface area contributed by atoms with Gasteiger partial charge in [0.2, 0.25) is 0 Å². The molecule has 0 heterocycles. The van der Waals surface area contributed by atoms with Gasteiger partial charge < -0.3 is 0 Å². The molecule has 0 N–H and O–H groups in total. The molecule has 104 valence electrons. The highest BCUT2D eigenvalue weighted by Gasteiger charge is 2.11. The number of ketones is 2. The molecule has 3 heteroatoms. The van der Waals surface area contributed by atoms with Crippen molar-refractivity contribution in [1.29, 1.82) is 0 Å². The first-order valence-electron chi connectivity index (χ1n) is 6.94. The Balaban J connectivity index is 2.28. The first kappa shape index (κ1) is 16.1. The first-order chi connectivity index (χ1) is 9.13. The van der Waals surface area contributed by atoms with Gasteiger partial charge in [0, 0.05) is 16.5 Å². The predicted molar refractivity (Wildman–Crippen MR) is 81.5 cm³/mol. The van der Waals surface area contributed by atoms with Crippen molar-refractivity contribution in [3.05, 3.63) is 34.3 Å². The number of hydrogen-bond acceptors (Lipinski definition) is 2. The van der Waals surface area contributed by atoms with Crippen molar-refractivity contribution in [3.8, 4) is 0 Å². The van der Waals surface area contributed by atoms with E-state index in [-0.39, 0.29) is 18.0 Å². The van der Waals surface area contributed by atoms with Gasteiger partial charge in [-0.2, -0.15) is 0 Å². The van der Waals surface area contributed by atoms with Crippen LogP contribution in [0.4, 0.5) is 0 Å². The number of hydrogen-bond donors (Lipinski definition) is 0. The standard InChI is InChI=1S/C16H21BrO2/c1-2-3-4-5-6-7-15(18)12-16(19)13-8-10-14(17)11-9-13/h8-11H,2-7,12H2,1H3. The summed E-state index contributed by atoms with van der Waals surface area (Å²) in [6.07, 6.45) is 6.19. The Morgan fingerprint density at radius 2 is 1.63 bits per heavy atom. The Morgan fingerprint density at radius 1 is 1.00 bits per heavy atom. The molecule has 0 radical (unpaired) electrons. The number of unbranched alkanes of at least 4 members (excludes halogenated alkanes) is 4. The van der Waals surface area contributed by atoms with Gasteiger partial charge in [-0.1, -0.05) is 60.7 Å². The lowest BCUT2D eigenvalue weighted by molar-refractivity contribution is -0.118. The molecule has 1 aromatic rings. The van der Waals surface area contributed by atoms with Gasteiger partial charge in [0.15, 0.2) is 5.78 Å². The molecule has 0 aromatic heterocycles. The van der Waals surface area contributed by atoms with E-state index in [0.717, 1.165) is 17.3 Å². The maximum atomic E-state index is 11.9. The molecule has 0 spiro atoms. The zero-order valence-electron chi connectivity index (χ0n) is 11.5. The number of carbonyl (C=O) groups excluding carboxylic acids is 2. The highest BCUT2D eigenvalue weighted by Crippen LogP contribution is 2.13. The second-order valence-corrected chi connectivity index (χ2v) is 5.73. The van der Waals surface area contributed by atoms with E-state index in [1.165, 1.54) is 19.3 Å². The Bertz CT molecular complexity index is 409. The average molecular weight is 325 g/mol. The predicted octanol–water partition coefficient (Wildman–Crippen LogP) is 4.95. The normalized spacial score (nSPS) is 10.4. The van der Waals surface area contributed by atoms with Crippen molar-refractivity contribution >= 4 is 27.5 Å². The van der Waals surface area contributed by atoms with Crippen LogP contribution in [-0.4, -0.2) is 11.6 Å². The Labute approximate surface area is 123 Å². The molecular weight excluding hydrogens is 304 g/mol. The highest BCUT2D eigenvalue weighted by molar-refractivity contribution is 9.10. The van der Waals surface area contributed by atoms with Gasteiger partial charge in [0.05, 0.1) is 6.42 Å². The van der Waals surface area contributed by atoms with Crippen LogP contribution < -0.4 is 0 Å². The van der Waals surface area contributed by atoms with E-state index >= 15 is 0 Å². The third-order valence-electron chi connectivity index (χ3n) is 3.08. The number of benzene rings is 1. The topological polar surface area (TPSA) is 34.1 Å². The third kappa shape index (κ3) is 6.67. The monoisotopic (exact) mass is 324 g/mol. The molecule has 2 nitrogen and oxygen atoms in total. The van der Waals surface area contributed by atoms with E-state index in [0.29, 0.717) is 12.0 Å². The maximum absolute atomic E-state index is 11.9. The fourth-order valence-electron chi connectivity index (χ4n) is 1.93. The average Bonchev–Trinajstić information content (AvgIpc) is 2.39. The number of Topliss-reactive ketones (excluding diaryl/α,β-unsaturated/α-hetero) is 2. The van der Waals surface area contributed by atoms with E-state index < -0.39 is 0 Å². The van der Waals surface area contributed by atoms with Crippen molar-refractivity contribution in [2.75, 3.05) is 0 Å². The van der Waals surface area contributed by atoms with Gasteiger partial charge in [-0.05, 0) is 18.6 Å². The fourth-order valence-corrected chi connectivity index (χ4v) is 2.20. The maximum Gasteiger partial charge on any atom is 0.170 e. The molecule has 0 fully saturated rings. The SMILES string of the molecule is CCCCCCCC(=O)CC(=O)c1ccc(Br)cc1. The van der Waals surface area contributed by atoms with E-state index in [4.69, 9.17) is 0 Å². The molecular formula is C16H21BrO2. The summed E-state index contributed by atoms with van der Waals surface area (Å²) in [7, 11) is 0. The van der Waals surface area contributed by atoms with Crippen LogP contribution >= 0.6 is 15.9 Å². The van der Waals surface area contributed by atoms with Crippen LogP contribution in [0.2, 0.25) is 0 Å². The third-order valence-corrected chi connectivity index (χ3v) is 3.61. The van der Waals surface area contributed by atoms with Crippen molar-refractivity contribution in [3.63, 3.8) is 0 Å². The van der Waals surface area contributed by atoms with Crippen molar-refractivity contribution < 1.29 is 9.59 Å². The largest absolute Gasteiger partial charge is 0.299 e. The smallest absolute Gasteiger partial charge is 0.170 e. The van der Waals surface area contributed by atoms with Gasteiger partial charge in [-0.25, -0.2) is 0 Å². The summed E-state index contributed by atoms with van der Waals surface area (Å²) in [5.74, 6) is -0.0181. The minimum atomic E-state index is -0.0777. The van der Waals surface area contributed by atoms with Crippen LogP contribution in [0.3, 0.4) is 0 Å². The molecule has 0 amide bonds.